The molecule has 104 valence electrons. The van der Waals surface area contributed by atoms with Crippen LogP contribution in [0, 0.1) is 6.92 Å². The SMILES string of the molecule is CCc1sc(C(=O)Nc2ccccc2C(N)=O)cc1C. The van der Waals surface area contributed by atoms with E-state index in [9.17, 15) is 9.59 Å². The van der Waals surface area contributed by atoms with Crippen LogP contribution in [0.2, 0.25) is 0 Å². The summed E-state index contributed by atoms with van der Waals surface area (Å²) in [4.78, 5) is 25.4. The van der Waals surface area contributed by atoms with E-state index in [1.54, 1.807) is 24.3 Å². The first kappa shape index (κ1) is 14.3. The molecule has 2 aromatic rings. The first-order valence-electron chi connectivity index (χ1n) is 6.32. The lowest BCUT2D eigenvalue weighted by atomic mass is 10.1. The van der Waals surface area contributed by atoms with Crippen molar-refractivity contribution in [1.82, 2.24) is 0 Å². The van der Waals surface area contributed by atoms with Gasteiger partial charge >= 0.3 is 0 Å². The maximum Gasteiger partial charge on any atom is 0.265 e. The fourth-order valence-electron chi connectivity index (χ4n) is 1.97. The van der Waals surface area contributed by atoms with E-state index in [4.69, 9.17) is 5.73 Å². The van der Waals surface area contributed by atoms with Crippen LogP contribution in [-0.4, -0.2) is 11.8 Å². The van der Waals surface area contributed by atoms with E-state index < -0.39 is 5.91 Å². The Hall–Kier alpha value is -2.14. The molecule has 0 aliphatic heterocycles. The summed E-state index contributed by atoms with van der Waals surface area (Å²) in [5, 5.41) is 2.74. The fraction of sp³-hybridized carbons (Fsp3) is 0.200. The van der Waals surface area contributed by atoms with E-state index in [0.717, 1.165) is 12.0 Å². The van der Waals surface area contributed by atoms with Gasteiger partial charge in [0.2, 0.25) is 0 Å². The van der Waals surface area contributed by atoms with Crippen LogP contribution in [0.3, 0.4) is 0 Å². The van der Waals surface area contributed by atoms with E-state index in [1.807, 2.05) is 13.0 Å². The fourth-order valence-corrected chi connectivity index (χ4v) is 2.98. The Morgan fingerprint density at radius 3 is 2.60 bits per heavy atom. The number of carbonyl (C=O) groups is 2. The number of primary amides is 1. The Morgan fingerprint density at radius 1 is 1.30 bits per heavy atom. The Kier molecular flexibility index (Phi) is 4.20. The van der Waals surface area contributed by atoms with Crippen LogP contribution in [0.5, 0.6) is 0 Å². The van der Waals surface area contributed by atoms with Gasteiger partial charge in [-0.3, -0.25) is 9.59 Å². The second-order valence-electron chi connectivity index (χ2n) is 4.43. The second kappa shape index (κ2) is 5.88. The first-order valence-corrected chi connectivity index (χ1v) is 7.14. The summed E-state index contributed by atoms with van der Waals surface area (Å²) in [5.74, 6) is -0.774. The van der Waals surface area contributed by atoms with Gasteiger partial charge in [-0.05, 0) is 37.1 Å². The minimum atomic E-state index is -0.558. The highest BCUT2D eigenvalue weighted by Crippen LogP contribution is 2.24. The number of aryl methyl sites for hydroxylation is 2. The number of carbonyl (C=O) groups excluding carboxylic acids is 2. The maximum absolute atomic E-state index is 12.2. The quantitative estimate of drug-likeness (QED) is 0.907. The van der Waals surface area contributed by atoms with Gasteiger partial charge in [0.1, 0.15) is 0 Å². The molecular formula is C15H16N2O2S. The molecule has 5 heteroatoms. The zero-order chi connectivity index (χ0) is 14.7. The highest BCUT2D eigenvalue weighted by atomic mass is 32.1. The lowest BCUT2D eigenvalue weighted by molar-refractivity contribution is 0.100. The van der Waals surface area contributed by atoms with E-state index in [0.29, 0.717) is 16.1 Å². The van der Waals surface area contributed by atoms with Crippen LogP contribution in [-0.2, 0) is 6.42 Å². The van der Waals surface area contributed by atoms with E-state index in [1.165, 1.54) is 16.2 Å². The van der Waals surface area contributed by atoms with Crippen molar-refractivity contribution in [2.45, 2.75) is 20.3 Å². The third-order valence-electron chi connectivity index (χ3n) is 3.01. The zero-order valence-corrected chi connectivity index (χ0v) is 12.2. The first-order chi connectivity index (χ1) is 9.52. The van der Waals surface area contributed by atoms with Crippen molar-refractivity contribution in [2.75, 3.05) is 5.32 Å². The normalized spacial score (nSPS) is 10.3. The monoisotopic (exact) mass is 288 g/mol. The van der Waals surface area contributed by atoms with Gasteiger partial charge in [-0.25, -0.2) is 0 Å². The van der Waals surface area contributed by atoms with Gasteiger partial charge < -0.3 is 11.1 Å². The minimum Gasteiger partial charge on any atom is -0.366 e. The molecular weight excluding hydrogens is 272 g/mol. The topological polar surface area (TPSA) is 72.2 Å². The van der Waals surface area contributed by atoms with Crippen LogP contribution >= 0.6 is 11.3 Å². The minimum absolute atomic E-state index is 0.216. The number of anilines is 1. The maximum atomic E-state index is 12.2. The van der Waals surface area contributed by atoms with Crippen molar-refractivity contribution in [1.29, 1.82) is 0 Å². The molecule has 0 bridgehead atoms. The molecule has 4 nitrogen and oxygen atoms in total. The van der Waals surface area contributed by atoms with E-state index >= 15 is 0 Å². The van der Waals surface area contributed by atoms with Gasteiger partial charge in [-0.1, -0.05) is 19.1 Å². The summed E-state index contributed by atoms with van der Waals surface area (Å²) >= 11 is 1.47. The van der Waals surface area contributed by atoms with E-state index in [2.05, 4.69) is 12.2 Å². The number of hydrogen-bond donors (Lipinski definition) is 2. The molecule has 0 saturated carbocycles. The molecule has 2 amide bonds. The second-order valence-corrected chi connectivity index (χ2v) is 5.57. The van der Waals surface area contributed by atoms with Crippen molar-refractivity contribution >= 4 is 28.8 Å². The molecule has 2 rings (SSSR count). The number of nitrogens with one attached hydrogen (secondary N) is 1. The smallest absolute Gasteiger partial charge is 0.265 e. The largest absolute Gasteiger partial charge is 0.366 e. The van der Waals surface area contributed by atoms with Gasteiger partial charge in [0, 0.05) is 4.88 Å². The number of nitrogens with two attached hydrogens (primary N) is 1. The van der Waals surface area contributed by atoms with Gasteiger partial charge in [-0.15, -0.1) is 11.3 Å². The summed E-state index contributed by atoms with van der Waals surface area (Å²) in [6.45, 7) is 4.05. The summed E-state index contributed by atoms with van der Waals surface area (Å²) in [7, 11) is 0. The predicted octanol–water partition coefficient (Wildman–Crippen LogP) is 2.97. The molecule has 0 saturated heterocycles. The summed E-state index contributed by atoms with van der Waals surface area (Å²) < 4.78 is 0. The lowest BCUT2D eigenvalue weighted by Crippen LogP contribution is -2.17. The number of benzene rings is 1. The van der Waals surface area contributed by atoms with Crippen molar-refractivity contribution in [2.24, 2.45) is 5.73 Å². The molecule has 0 aliphatic carbocycles. The molecule has 20 heavy (non-hydrogen) atoms. The zero-order valence-electron chi connectivity index (χ0n) is 11.4. The molecule has 0 atom stereocenters. The molecule has 0 unspecified atom stereocenters. The Labute approximate surface area is 121 Å². The molecule has 0 spiro atoms. The van der Waals surface area contributed by atoms with Crippen LogP contribution in [0.25, 0.3) is 0 Å². The summed E-state index contributed by atoms with van der Waals surface area (Å²) in [6, 6.07) is 8.58. The van der Waals surface area contributed by atoms with Gasteiger partial charge in [-0.2, -0.15) is 0 Å². The van der Waals surface area contributed by atoms with Crippen molar-refractivity contribution < 1.29 is 9.59 Å². The number of thiophene rings is 1. The van der Waals surface area contributed by atoms with Crippen LogP contribution in [0.15, 0.2) is 30.3 Å². The molecule has 0 aliphatic rings. The average Bonchev–Trinajstić information content (AvgIpc) is 2.80. The van der Waals surface area contributed by atoms with Crippen LogP contribution < -0.4 is 11.1 Å². The van der Waals surface area contributed by atoms with Gasteiger partial charge in [0.25, 0.3) is 11.8 Å². The Bertz CT molecular complexity index is 662. The van der Waals surface area contributed by atoms with Gasteiger partial charge in [0.15, 0.2) is 0 Å². The lowest BCUT2D eigenvalue weighted by Gasteiger charge is -2.07. The van der Waals surface area contributed by atoms with E-state index in [-0.39, 0.29) is 5.91 Å². The Balaban J connectivity index is 2.25. The highest BCUT2D eigenvalue weighted by Gasteiger charge is 2.14. The molecule has 0 radical (unpaired) electrons. The molecule has 1 aromatic heterocycles. The third-order valence-corrected chi connectivity index (χ3v) is 4.39. The number of amides is 2. The van der Waals surface area contributed by atoms with Crippen LogP contribution in [0.1, 0.15) is 37.4 Å². The predicted molar refractivity (Wildman–Crippen MR) is 81.3 cm³/mol. The average molecular weight is 288 g/mol. The van der Waals surface area contributed by atoms with Crippen LogP contribution in [0.4, 0.5) is 5.69 Å². The van der Waals surface area contributed by atoms with Crippen molar-refractivity contribution in [3.05, 3.63) is 51.2 Å². The summed E-state index contributed by atoms with van der Waals surface area (Å²) in [5.41, 5.74) is 7.16. The third kappa shape index (κ3) is 2.88. The number of rotatable bonds is 4. The number of para-hydroxylation sites is 1. The number of hydrogen-bond acceptors (Lipinski definition) is 3. The molecule has 1 aromatic carbocycles. The molecule has 1 heterocycles. The van der Waals surface area contributed by atoms with Gasteiger partial charge in [0.05, 0.1) is 16.1 Å². The van der Waals surface area contributed by atoms with Crippen molar-refractivity contribution in [3.63, 3.8) is 0 Å². The molecule has 3 N–H and O–H groups in total. The highest BCUT2D eigenvalue weighted by molar-refractivity contribution is 7.14. The standard InChI is InChI=1S/C15H16N2O2S/c1-3-12-9(2)8-13(20-12)15(19)17-11-7-5-4-6-10(11)14(16)18/h4-8H,3H2,1-2H3,(H2,16,18)(H,17,19). The Morgan fingerprint density at radius 2 is 2.00 bits per heavy atom. The van der Waals surface area contributed by atoms with Crippen molar-refractivity contribution in [3.8, 4) is 0 Å². The molecule has 0 fully saturated rings. The summed E-state index contributed by atoms with van der Waals surface area (Å²) in [6.07, 6.45) is 0.904.